The molecule has 23 heavy (non-hydrogen) atoms. The third kappa shape index (κ3) is 3.59. The molecule has 0 aliphatic carbocycles. The number of hydrogen-bond acceptors (Lipinski definition) is 4. The third-order valence-corrected chi connectivity index (χ3v) is 4.98. The number of carbonyl (C=O) groups excluding carboxylic acids is 1. The molecule has 0 atom stereocenters. The van der Waals surface area contributed by atoms with Crippen molar-refractivity contribution in [1.82, 2.24) is 0 Å². The number of rotatable bonds is 3. The van der Waals surface area contributed by atoms with E-state index in [1.54, 1.807) is 36.4 Å². The number of para-hydroxylation sites is 1. The van der Waals surface area contributed by atoms with Crippen LogP contribution in [0.1, 0.15) is 6.42 Å². The number of nitrogens with zero attached hydrogens (tertiary/aromatic N) is 1. The van der Waals surface area contributed by atoms with Crippen LogP contribution in [-0.4, -0.2) is 20.2 Å². The SMILES string of the molecule is O=C(CC1=NS(=O)(=O)c2ccccc2N1)Nc1cccc(Br)c1. The number of nitrogens with one attached hydrogen (secondary N) is 2. The van der Waals surface area contributed by atoms with Crippen molar-refractivity contribution in [1.29, 1.82) is 0 Å². The number of anilines is 2. The van der Waals surface area contributed by atoms with Gasteiger partial charge in [0.2, 0.25) is 5.91 Å². The fourth-order valence-corrected chi connectivity index (χ4v) is 3.71. The highest BCUT2D eigenvalue weighted by Crippen LogP contribution is 2.27. The van der Waals surface area contributed by atoms with Crippen molar-refractivity contribution in [2.24, 2.45) is 4.40 Å². The molecule has 0 aromatic heterocycles. The van der Waals surface area contributed by atoms with Gasteiger partial charge in [0.15, 0.2) is 0 Å². The summed E-state index contributed by atoms with van der Waals surface area (Å²) >= 11 is 3.32. The maximum atomic E-state index is 12.1. The van der Waals surface area contributed by atoms with Gasteiger partial charge >= 0.3 is 0 Å². The average Bonchev–Trinajstić information content (AvgIpc) is 2.46. The zero-order valence-electron chi connectivity index (χ0n) is 11.8. The molecule has 0 unspecified atom stereocenters. The summed E-state index contributed by atoms with van der Waals surface area (Å²) in [6.07, 6.45) is -0.167. The second kappa shape index (κ2) is 6.13. The molecule has 2 N–H and O–H groups in total. The number of fused-ring (bicyclic) bond motifs is 1. The van der Waals surface area contributed by atoms with E-state index < -0.39 is 10.0 Å². The van der Waals surface area contributed by atoms with E-state index in [1.165, 1.54) is 6.07 Å². The van der Waals surface area contributed by atoms with E-state index in [0.29, 0.717) is 11.4 Å². The summed E-state index contributed by atoms with van der Waals surface area (Å²) in [4.78, 5) is 12.2. The number of sulfonamides is 1. The highest BCUT2D eigenvalue weighted by molar-refractivity contribution is 9.10. The van der Waals surface area contributed by atoms with Crippen molar-refractivity contribution < 1.29 is 13.2 Å². The molecule has 118 valence electrons. The first-order valence-electron chi connectivity index (χ1n) is 6.69. The highest BCUT2D eigenvalue weighted by Gasteiger charge is 2.25. The second-order valence-corrected chi connectivity index (χ2v) is 7.36. The van der Waals surface area contributed by atoms with Gasteiger partial charge in [-0.25, -0.2) is 0 Å². The minimum absolute atomic E-state index is 0.0937. The Balaban J connectivity index is 1.76. The Kier molecular flexibility index (Phi) is 4.18. The molecule has 0 saturated carbocycles. The summed E-state index contributed by atoms with van der Waals surface area (Å²) in [6.45, 7) is 0. The van der Waals surface area contributed by atoms with E-state index in [-0.39, 0.29) is 23.1 Å². The van der Waals surface area contributed by atoms with E-state index in [1.807, 2.05) is 6.07 Å². The molecule has 1 aliphatic rings. The Labute approximate surface area is 141 Å². The lowest BCUT2D eigenvalue weighted by Crippen LogP contribution is -2.26. The van der Waals surface area contributed by atoms with E-state index in [9.17, 15) is 13.2 Å². The van der Waals surface area contributed by atoms with Crippen LogP contribution in [-0.2, 0) is 14.8 Å². The maximum Gasteiger partial charge on any atom is 0.286 e. The average molecular weight is 394 g/mol. The van der Waals surface area contributed by atoms with Gasteiger partial charge in [0.25, 0.3) is 10.0 Å². The Bertz CT molecular complexity index is 910. The van der Waals surface area contributed by atoms with E-state index >= 15 is 0 Å². The second-order valence-electron chi connectivity index (χ2n) is 4.87. The Morgan fingerprint density at radius 3 is 2.74 bits per heavy atom. The van der Waals surface area contributed by atoms with Crippen LogP contribution < -0.4 is 10.6 Å². The Morgan fingerprint density at radius 2 is 1.96 bits per heavy atom. The van der Waals surface area contributed by atoms with Gasteiger partial charge in [0, 0.05) is 10.2 Å². The molecular weight excluding hydrogens is 382 g/mol. The van der Waals surface area contributed by atoms with Crippen molar-refractivity contribution in [3.8, 4) is 0 Å². The third-order valence-electron chi connectivity index (χ3n) is 3.11. The predicted octanol–water partition coefficient (Wildman–Crippen LogP) is 2.99. The van der Waals surface area contributed by atoms with Crippen LogP contribution in [0.5, 0.6) is 0 Å². The summed E-state index contributed by atoms with van der Waals surface area (Å²) < 4.78 is 28.7. The lowest BCUT2D eigenvalue weighted by atomic mass is 10.2. The lowest BCUT2D eigenvalue weighted by molar-refractivity contribution is -0.115. The van der Waals surface area contributed by atoms with Gasteiger partial charge in [0.1, 0.15) is 10.7 Å². The van der Waals surface area contributed by atoms with Gasteiger partial charge in [-0.1, -0.05) is 34.1 Å². The van der Waals surface area contributed by atoms with Crippen LogP contribution in [0.2, 0.25) is 0 Å². The zero-order valence-corrected chi connectivity index (χ0v) is 14.2. The van der Waals surface area contributed by atoms with Crippen LogP contribution >= 0.6 is 15.9 Å². The highest BCUT2D eigenvalue weighted by atomic mass is 79.9. The minimum Gasteiger partial charge on any atom is -0.341 e. The van der Waals surface area contributed by atoms with Gasteiger partial charge < -0.3 is 10.6 Å². The Morgan fingerprint density at radius 1 is 1.17 bits per heavy atom. The fraction of sp³-hybridized carbons (Fsp3) is 0.0667. The van der Waals surface area contributed by atoms with Crippen LogP contribution in [0.25, 0.3) is 0 Å². The Hall–Kier alpha value is -2.19. The monoisotopic (exact) mass is 393 g/mol. The molecule has 2 aromatic carbocycles. The number of benzene rings is 2. The van der Waals surface area contributed by atoms with Gasteiger partial charge in [-0.05, 0) is 30.3 Å². The van der Waals surface area contributed by atoms with E-state index in [0.717, 1.165) is 4.47 Å². The lowest BCUT2D eigenvalue weighted by Gasteiger charge is -2.17. The quantitative estimate of drug-likeness (QED) is 0.838. The molecule has 8 heteroatoms. The summed E-state index contributed by atoms with van der Waals surface area (Å²) in [5.74, 6) is -0.264. The number of amidine groups is 1. The largest absolute Gasteiger partial charge is 0.341 e. The first kappa shape index (κ1) is 15.7. The maximum absolute atomic E-state index is 12.1. The molecule has 0 bridgehead atoms. The van der Waals surface area contributed by atoms with Crippen LogP contribution in [0, 0.1) is 0 Å². The van der Waals surface area contributed by atoms with Crippen molar-refractivity contribution in [3.63, 3.8) is 0 Å². The topological polar surface area (TPSA) is 87.6 Å². The first-order chi connectivity index (χ1) is 10.9. The number of halogens is 1. The number of carbonyl (C=O) groups is 1. The number of hydrogen-bond donors (Lipinski definition) is 2. The van der Waals surface area contributed by atoms with Crippen molar-refractivity contribution in [2.75, 3.05) is 10.6 Å². The van der Waals surface area contributed by atoms with Crippen LogP contribution in [0.3, 0.4) is 0 Å². The van der Waals surface area contributed by atoms with Crippen LogP contribution in [0.15, 0.2) is 62.3 Å². The number of amides is 1. The van der Waals surface area contributed by atoms with Gasteiger partial charge in [-0.2, -0.15) is 8.42 Å². The molecular formula is C15H12BrN3O3S. The molecule has 6 nitrogen and oxygen atoms in total. The first-order valence-corrected chi connectivity index (χ1v) is 8.93. The molecule has 0 radical (unpaired) electrons. The van der Waals surface area contributed by atoms with E-state index in [2.05, 4.69) is 31.0 Å². The van der Waals surface area contributed by atoms with Gasteiger partial charge in [0.05, 0.1) is 12.1 Å². The molecule has 3 rings (SSSR count). The normalized spacial score (nSPS) is 15.1. The minimum atomic E-state index is -3.78. The molecule has 1 aliphatic heterocycles. The smallest absolute Gasteiger partial charge is 0.286 e. The molecule has 2 aromatic rings. The summed E-state index contributed by atoms with van der Waals surface area (Å²) in [7, 11) is -3.78. The fourth-order valence-electron chi connectivity index (χ4n) is 2.17. The van der Waals surface area contributed by atoms with Crippen molar-refractivity contribution in [3.05, 3.63) is 53.0 Å². The predicted molar refractivity (Wildman–Crippen MR) is 92.1 cm³/mol. The molecule has 0 spiro atoms. The van der Waals surface area contributed by atoms with Crippen LogP contribution in [0.4, 0.5) is 11.4 Å². The van der Waals surface area contributed by atoms with E-state index in [4.69, 9.17) is 0 Å². The van der Waals surface area contributed by atoms with Crippen molar-refractivity contribution >= 4 is 49.1 Å². The zero-order chi connectivity index (χ0) is 16.4. The molecule has 1 heterocycles. The standard InChI is InChI=1S/C15H12BrN3O3S/c16-10-4-3-5-11(8-10)17-15(20)9-14-18-12-6-1-2-7-13(12)23(21,22)19-14/h1-8H,9H2,(H,17,20)(H,18,19). The van der Waals surface area contributed by atoms with Gasteiger partial charge in [-0.3, -0.25) is 4.79 Å². The molecule has 0 saturated heterocycles. The van der Waals surface area contributed by atoms with Crippen molar-refractivity contribution in [2.45, 2.75) is 11.3 Å². The summed E-state index contributed by atoms with van der Waals surface area (Å²) in [5.41, 5.74) is 1.04. The summed E-state index contributed by atoms with van der Waals surface area (Å²) in [5, 5.41) is 5.58. The van der Waals surface area contributed by atoms with Gasteiger partial charge in [-0.15, -0.1) is 4.40 Å². The molecule has 1 amide bonds. The molecule has 0 fully saturated rings. The summed E-state index contributed by atoms with van der Waals surface area (Å²) in [6, 6.07) is 13.6.